The first-order chi connectivity index (χ1) is 15.3. The van der Waals surface area contributed by atoms with Crippen LogP contribution in [0.5, 0.6) is 5.75 Å². The zero-order chi connectivity index (χ0) is 23.0. The van der Waals surface area contributed by atoms with Gasteiger partial charge in [0.25, 0.3) is 11.2 Å². The number of allylic oxidation sites excluding steroid dienone is 1. The topological polar surface area (TPSA) is 124 Å². The average Bonchev–Trinajstić information content (AvgIpc) is 3.08. The number of thiazole rings is 1. The summed E-state index contributed by atoms with van der Waals surface area (Å²) in [6.45, 7) is 1.67. The van der Waals surface area contributed by atoms with E-state index in [1.54, 1.807) is 31.2 Å². The van der Waals surface area contributed by atoms with E-state index in [4.69, 9.17) is 4.74 Å². The van der Waals surface area contributed by atoms with Crippen molar-refractivity contribution in [2.75, 3.05) is 7.11 Å². The average molecular weight is 451 g/mol. The number of rotatable bonds is 4. The van der Waals surface area contributed by atoms with Crippen LogP contribution in [0.1, 0.15) is 24.1 Å². The van der Waals surface area contributed by atoms with Crippen LogP contribution in [-0.2, 0) is 9.53 Å². The van der Waals surface area contributed by atoms with Gasteiger partial charge in [-0.3, -0.25) is 19.5 Å². The molecule has 4 rings (SSSR count). The quantitative estimate of drug-likeness (QED) is 0.368. The lowest BCUT2D eigenvalue weighted by Gasteiger charge is -2.24. The summed E-state index contributed by atoms with van der Waals surface area (Å²) in [7, 11) is 1.26. The molecule has 1 aliphatic rings. The second kappa shape index (κ2) is 8.23. The Morgan fingerprint density at radius 2 is 2.00 bits per heavy atom. The molecule has 2 heterocycles. The summed E-state index contributed by atoms with van der Waals surface area (Å²) in [5.41, 5.74) is 0.848. The molecule has 0 unspecified atom stereocenters. The first-order valence-electron chi connectivity index (χ1n) is 9.45. The third kappa shape index (κ3) is 3.60. The smallest absolute Gasteiger partial charge is 0.338 e. The third-order valence-electron chi connectivity index (χ3n) is 5.05. The number of ether oxygens (including phenoxy) is 1. The minimum Gasteiger partial charge on any atom is -0.507 e. The van der Waals surface area contributed by atoms with E-state index in [0.29, 0.717) is 16.1 Å². The Morgan fingerprint density at radius 3 is 2.66 bits per heavy atom. The van der Waals surface area contributed by atoms with Crippen molar-refractivity contribution in [1.29, 1.82) is 0 Å². The highest BCUT2D eigenvalue weighted by Crippen LogP contribution is 2.30. The van der Waals surface area contributed by atoms with Crippen LogP contribution in [0.3, 0.4) is 0 Å². The summed E-state index contributed by atoms with van der Waals surface area (Å²) in [4.78, 5) is 41.3. The molecule has 0 spiro atoms. The molecule has 0 radical (unpaired) electrons. The molecule has 162 valence electrons. The molecule has 1 atom stereocenters. The molecule has 0 amide bonds. The van der Waals surface area contributed by atoms with Gasteiger partial charge < -0.3 is 9.84 Å². The predicted octanol–water partition coefficient (Wildman–Crippen LogP) is 2.02. The molecular formula is C22H17N3O6S. The van der Waals surface area contributed by atoms with Crippen LogP contribution in [0.25, 0.3) is 6.08 Å². The molecule has 0 saturated carbocycles. The summed E-state index contributed by atoms with van der Waals surface area (Å²) in [6.07, 6.45) is 1.38. The van der Waals surface area contributed by atoms with Crippen molar-refractivity contribution in [3.63, 3.8) is 0 Å². The van der Waals surface area contributed by atoms with Crippen LogP contribution in [0, 0.1) is 10.1 Å². The van der Waals surface area contributed by atoms with E-state index in [0.717, 1.165) is 11.3 Å². The highest BCUT2D eigenvalue weighted by atomic mass is 32.1. The van der Waals surface area contributed by atoms with Gasteiger partial charge in [-0.1, -0.05) is 41.7 Å². The summed E-state index contributed by atoms with van der Waals surface area (Å²) in [5.74, 6) is -0.793. The Bertz CT molecular complexity index is 1450. The van der Waals surface area contributed by atoms with E-state index in [9.17, 15) is 24.8 Å². The van der Waals surface area contributed by atoms with Gasteiger partial charge in [-0.15, -0.1) is 0 Å². The van der Waals surface area contributed by atoms with Crippen molar-refractivity contribution in [2.45, 2.75) is 13.0 Å². The molecule has 32 heavy (non-hydrogen) atoms. The van der Waals surface area contributed by atoms with Gasteiger partial charge in [-0.2, -0.15) is 0 Å². The number of methoxy groups -OCH3 is 1. The second-order valence-corrected chi connectivity index (χ2v) is 7.99. The number of phenols is 1. The van der Waals surface area contributed by atoms with E-state index in [1.165, 1.54) is 36.0 Å². The SMILES string of the molecule is COC(=O)C1=C(C)N=c2s/c(=C/c3cc([N+](=O)[O-])ccc3O)c(=O)n2[C@@H]1c1ccccc1. The van der Waals surface area contributed by atoms with Crippen molar-refractivity contribution in [2.24, 2.45) is 4.99 Å². The van der Waals surface area contributed by atoms with E-state index in [1.807, 2.05) is 6.07 Å². The number of carbonyl (C=O) groups is 1. The van der Waals surface area contributed by atoms with Crippen LogP contribution in [0.4, 0.5) is 5.69 Å². The molecule has 0 fully saturated rings. The molecule has 10 heteroatoms. The predicted molar refractivity (Wildman–Crippen MR) is 117 cm³/mol. The normalized spacial score (nSPS) is 15.8. The lowest BCUT2D eigenvalue weighted by Crippen LogP contribution is -2.39. The van der Waals surface area contributed by atoms with Crippen molar-refractivity contribution in [1.82, 2.24) is 4.57 Å². The maximum Gasteiger partial charge on any atom is 0.338 e. The highest BCUT2D eigenvalue weighted by Gasteiger charge is 2.32. The van der Waals surface area contributed by atoms with Gasteiger partial charge in [-0.05, 0) is 24.6 Å². The fourth-order valence-electron chi connectivity index (χ4n) is 3.56. The van der Waals surface area contributed by atoms with Crippen LogP contribution < -0.4 is 14.9 Å². The fourth-order valence-corrected chi connectivity index (χ4v) is 4.59. The summed E-state index contributed by atoms with van der Waals surface area (Å²) in [6, 6.07) is 11.8. The number of phenolic OH excluding ortho intramolecular Hbond substituents is 1. The molecule has 0 aliphatic carbocycles. The molecule has 1 N–H and O–H groups in total. The number of carbonyl (C=O) groups excluding carboxylic acids is 1. The zero-order valence-corrected chi connectivity index (χ0v) is 17.8. The van der Waals surface area contributed by atoms with Gasteiger partial charge in [0.15, 0.2) is 4.80 Å². The number of esters is 1. The number of nitro groups is 1. The standard InChI is InChI=1S/C22H17N3O6S/c1-12-18(21(28)31-2)19(13-6-4-3-5-7-13)24-20(27)17(32-22(24)23-12)11-14-10-15(25(29)30)8-9-16(14)26/h3-11,19,26H,1-2H3/b17-11+/t19-/m1/s1. The van der Waals surface area contributed by atoms with Gasteiger partial charge in [0, 0.05) is 17.7 Å². The zero-order valence-electron chi connectivity index (χ0n) is 17.0. The Morgan fingerprint density at radius 1 is 1.28 bits per heavy atom. The van der Waals surface area contributed by atoms with Gasteiger partial charge >= 0.3 is 5.97 Å². The molecule has 1 aliphatic heterocycles. The van der Waals surface area contributed by atoms with E-state index in [-0.39, 0.29) is 27.1 Å². The molecule has 1 aromatic heterocycles. The highest BCUT2D eigenvalue weighted by molar-refractivity contribution is 7.07. The monoisotopic (exact) mass is 451 g/mol. The fraction of sp³-hybridized carbons (Fsp3) is 0.136. The number of nitrogens with zero attached hydrogens (tertiary/aromatic N) is 3. The van der Waals surface area contributed by atoms with Crippen molar-refractivity contribution in [3.05, 3.63) is 101 Å². The lowest BCUT2D eigenvalue weighted by atomic mass is 9.96. The molecule has 9 nitrogen and oxygen atoms in total. The molecule has 3 aromatic rings. The Labute approximate surface area is 185 Å². The lowest BCUT2D eigenvalue weighted by molar-refractivity contribution is -0.384. The van der Waals surface area contributed by atoms with Crippen LogP contribution in [0.2, 0.25) is 0 Å². The molecule has 2 aromatic carbocycles. The van der Waals surface area contributed by atoms with E-state index < -0.39 is 22.5 Å². The summed E-state index contributed by atoms with van der Waals surface area (Å²) >= 11 is 1.06. The number of aromatic hydroxyl groups is 1. The Balaban J connectivity index is 1.98. The largest absolute Gasteiger partial charge is 0.507 e. The van der Waals surface area contributed by atoms with Crippen LogP contribution in [-0.4, -0.2) is 27.7 Å². The van der Waals surface area contributed by atoms with Crippen molar-refractivity contribution < 1.29 is 19.6 Å². The van der Waals surface area contributed by atoms with Crippen LogP contribution >= 0.6 is 11.3 Å². The summed E-state index contributed by atoms with van der Waals surface area (Å²) < 4.78 is 6.56. The van der Waals surface area contributed by atoms with Gasteiger partial charge in [0.2, 0.25) is 0 Å². The van der Waals surface area contributed by atoms with Crippen LogP contribution in [0.15, 0.2) is 69.6 Å². The number of benzene rings is 2. The number of hydrogen-bond donors (Lipinski definition) is 1. The number of nitro benzene ring substituents is 1. The number of hydrogen-bond acceptors (Lipinski definition) is 8. The number of aromatic nitrogens is 1. The van der Waals surface area contributed by atoms with E-state index >= 15 is 0 Å². The van der Waals surface area contributed by atoms with Crippen molar-refractivity contribution in [3.8, 4) is 5.75 Å². The minimum atomic E-state index is -0.749. The van der Waals surface area contributed by atoms with Gasteiger partial charge in [0.05, 0.1) is 33.9 Å². The third-order valence-corrected chi connectivity index (χ3v) is 6.03. The Hall–Kier alpha value is -4.05. The molecule has 0 bridgehead atoms. The number of fused-ring (bicyclic) bond motifs is 1. The van der Waals surface area contributed by atoms with Crippen molar-refractivity contribution >= 4 is 29.1 Å². The van der Waals surface area contributed by atoms with E-state index in [2.05, 4.69) is 4.99 Å². The number of non-ortho nitro benzene ring substituents is 1. The molecular weight excluding hydrogens is 434 g/mol. The Kier molecular flexibility index (Phi) is 5.45. The summed E-state index contributed by atoms with van der Waals surface area (Å²) in [5, 5.41) is 21.2. The maximum absolute atomic E-state index is 13.4. The first-order valence-corrected chi connectivity index (χ1v) is 10.3. The van der Waals surface area contributed by atoms with Gasteiger partial charge in [-0.25, -0.2) is 9.79 Å². The first kappa shape index (κ1) is 21.2. The second-order valence-electron chi connectivity index (χ2n) is 6.98. The maximum atomic E-state index is 13.4. The molecule has 0 saturated heterocycles. The minimum absolute atomic E-state index is 0.129. The van der Waals surface area contributed by atoms with Gasteiger partial charge in [0.1, 0.15) is 5.75 Å².